The lowest BCUT2D eigenvalue weighted by Crippen LogP contribution is -2.26. The maximum Gasteiger partial charge on any atom is 0.304 e. The molecule has 0 aliphatic heterocycles. The molecular weight excluding hydrogens is 140 g/mol. The predicted octanol–water partition coefficient (Wildman–Crippen LogP) is -0.207. The van der Waals surface area contributed by atoms with Crippen LogP contribution in [0.4, 0.5) is 0 Å². The molecule has 0 atom stereocenters. The van der Waals surface area contributed by atoms with Crippen LogP contribution in [0.25, 0.3) is 11.2 Å². The van der Waals surface area contributed by atoms with Crippen LogP contribution in [0.15, 0.2) is 18.9 Å². The first kappa shape index (κ1) is 6.27. The normalized spacial score (nSPS) is 10.7. The lowest BCUT2D eigenvalue weighted by atomic mass is 10.5. The van der Waals surface area contributed by atoms with Crippen molar-refractivity contribution in [3.05, 3.63) is 18.9 Å². The number of aryl methyl sites for hydroxylation is 2. The van der Waals surface area contributed by atoms with Gasteiger partial charge in [-0.25, -0.2) is 9.55 Å². The first-order valence-electron chi connectivity index (χ1n) is 3.39. The van der Waals surface area contributed by atoms with Gasteiger partial charge in [-0.1, -0.05) is 4.98 Å². The van der Waals surface area contributed by atoms with Crippen LogP contribution in [0.1, 0.15) is 0 Å². The molecule has 0 fully saturated rings. The number of imidazole rings is 1. The summed E-state index contributed by atoms with van der Waals surface area (Å²) in [7, 11) is 3.95. The average molecular weight is 149 g/mol. The highest BCUT2D eigenvalue weighted by Crippen LogP contribution is 2.01. The van der Waals surface area contributed by atoms with E-state index in [9.17, 15) is 0 Å². The monoisotopic (exact) mass is 149 g/mol. The smallest absolute Gasteiger partial charge is 0.262 e. The quantitative estimate of drug-likeness (QED) is 0.486. The van der Waals surface area contributed by atoms with Crippen molar-refractivity contribution in [2.45, 2.75) is 0 Å². The first-order chi connectivity index (χ1) is 5.29. The molecule has 0 spiro atoms. The largest absolute Gasteiger partial charge is 0.304 e. The molecule has 0 N–H and O–H groups in total. The third kappa shape index (κ3) is 0.790. The zero-order valence-corrected chi connectivity index (χ0v) is 6.52. The van der Waals surface area contributed by atoms with Crippen LogP contribution >= 0.6 is 0 Å². The third-order valence-corrected chi connectivity index (χ3v) is 1.73. The van der Waals surface area contributed by atoms with Crippen LogP contribution in [0, 0.1) is 0 Å². The van der Waals surface area contributed by atoms with Crippen molar-refractivity contribution in [2.24, 2.45) is 14.1 Å². The molecule has 2 aromatic heterocycles. The zero-order valence-electron chi connectivity index (χ0n) is 6.52. The zero-order chi connectivity index (χ0) is 7.84. The minimum Gasteiger partial charge on any atom is -0.262 e. The Morgan fingerprint density at radius 2 is 2.36 bits per heavy atom. The summed E-state index contributed by atoms with van der Waals surface area (Å²) < 4.78 is 3.96. The fraction of sp³-hybridized carbons (Fsp3) is 0.286. The number of hydrogen-bond acceptors (Lipinski definition) is 2. The number of nitrogens with zero attached hydrogens (tertiary/aromatic N) is 4. The number of rotatable bonds is 0. The van der Waals surface area contributed by atoms with E-state index in [1.165, 1.54) is 0 Å². The van der Waals surface area contributed by atoms with Gasteiger partial charge in [-0.3, -0.25) is 4.57 Å². The molecule has 11 heavy (non-hydrogen) atoms. The fourth-order valence-electron chi connectivity index (χ4n) is 1.21. The van der Waals surface area contributed by atoms with Gasteiger partial charge in [0.05, 0.1) is 20.3 Å². The van der Waals surface area contributed by atoms with Crippen molar-refractivity contribution in [3.63, 3.8) is 0 Å². The summed E-state index contributed by atoms with van der Waals surface area (Å²) in [4.78, 5) is 8.07. The Morgan fingerprint density at radius 3 is 3.09 bits per heavy atom. The SMILES string of the molecule is Cn1c[n+](C)c2ncncc21. The van der Waals surface area contributed by atoms with E-state index < -0.39 is 0 Å². The van der Waals surface area contributed by atoms with E-state index in [1.807, 2.05) is 35.8 Å². The number of aromatic nitrogens is 4. The highest BCUT2D eigenvalue weighted by molar-refractivity contribution is 5.65. The molecule has 0 aliphatic rings. The second kappa shape index (κ2) is 2.02. The Bertz CT molecular complexity index is 354. The topological polar surface area (TPSA) is 34.6 Å². The minimum atomic E-state index is 0.961. The lowest BCUT2D eigenvalue weighted by Gasteiger charge is -1.81. The Kier molecular flexibility index (Phi) is 1.15. The standard InChI is InChI=1S/C7H9N4/c1-10-5-11(2)7-6(10)3-8-4-9-7/h3-5H,1-2H3/q+1. The average Bonchev–Trinajstić information content (AvgIpc) is 2.30. The molecule has 2 rings (SSSR count). The first-order valence-corrected chi connectivity index (χ1v) is 3.39. The van der Waals surface area contributed by atoms with Gasteiger partial charge in [0.1, 0.15) is 0 Å². The van der Waals surface area contributed by atoms with E-state index in [4.69, 9.17) is 0 Å². The van der Waals surface area contributed by atoms with Crippen molar-refractivity contribution >= 4 is 11.2 Å². The van der Waals surface area contributed by atoms with Crippen molar-refractivity contribution in [1.29, 1.82) is 0 Å². The Labute approximate surface area is 64.1 Å². The van der Waals surface area contributed by atoms with Gasteiger partial charge in [0.25, 0.3) is 0 Å². The fourth-order valence-corrected chi connectivity index (χ4v) is 1.21. The van der Waals surface area contributed by atoms with Crippen LogP contribution in [-0.2, 0) is 14.1 Å². The summed E-state index contributed by atoms with van der Waals surface area (Å²) in [6.45, 7) is 0. The third-order valence-electron chi connectivity index (χ3n) is 1.73. The molecule has 4 nitrogen and oxygen atoms in total. The predicted molar refractivity (Wildman–Crippen MR) is 39.7 cm³/mol. The van der Waals surface area contributed by atoms with Crippen molar-refractivity contribution in [3.8, 4) is 0 Å². The Morgan fingerprint density at radius 1 is 1.55 bits per heavy atom. The van der Waals surface area contributed by atoms with Crippen LogP contribution < -0.4 is 4.57 Å². The van der Waals surface area contributed by atoms with Gasteiger partial charge in [-0.05, 0) is 0 Å². The summed E-state index contributed by atoms with van der Waals surface area (Å²) in [5, 5.41) is 0. The number of fused-ring (bicyclic) bond motifs is 1. The van der Waals surface area contributed by atoms with E-state index in [2.05, 4.69) is 9.97 Å². The van der Waals surface area contributed by atoms with Gasteiger partial charge in [0.15, 0.2) is 18.2 Å². The van der Waals surface area contributed by atoms with Gasteiger partial charge in [0, 0.05) is 0 Å². The Hall–Kier alpha value is -1.45. The molecule has 0 saturated carbocycles. The minimum absolute atomic E-state index is 0.961. The van der Waals surface area contributed by atoms with Gasteiger partial charge >= 0.3 is 5.65 Å². The van der Waals surface area contributed by atoms with Gasteiger partial charge in [-0.15, -0.1) is 0 Å². The second-order valence-electron chi connectivity index (χ2n) is 2.57. The Balaban J connectivity index is 2.95. The highest BCUT2D eigenvalue weighted by Gasteiger charge is 2.09. The molecule has 0 unspecified atom stereocenters. The van der Waals surface area contributed by atoms with E-state index in [0.29, 0.717) is 0 Å². The molecule has 0 aromatic carbocycles. The lowest BCUT2D eigenvalue weighted by molar-refractivity contribution is -0.647. The van der Waals surface area contributed by atoms with Gasteiger partial charge in [-0.2, -0.15) is 0 Å². The van der Waals surface area contributed by atoms with Gasteiger partial charge < -0.3 is 0 Å². The van der Waals surface area contributed by atoms with E-state index >= 15 is 0 Å². The van der Waals surface area contributed by atoms with Crippen molar-refractivity contribution < 1.29 is 4.57 Å². The summed E-state index contributed by atoms with van der Waals surface area (Å²) in [6.07, 6.45) is 5.34. The number of hydrogen-bond donors (Lipinski definition) is 0. The molecule has 2 heterocycles. The van der Waals surface area contributed by atoms with Gasteiger partial charge in [0.2, 0.25) is 0 Å². The molecule has 56 valence electrons. The summed E-state index contributed by atoms with van der Waals surface area (Å²) in [5.74, 6) is 0. The maximum atomic E-state index is 4.13. The summed E-state index contributed by atoms with van der Waals surface area (Å²) >= 11 is 0. The molecule has 0 saturated heterocycles. The molecule has 0 aliphatic carbocycles. The molecule has 4 heteroatoms. The maximum absolute atomic E-state index is 4.13. The van der Waals surface area contributed by atoms with Crippen molar-refractivity contribution in [1.82, 2.24) is 14.5 Å². The van der Waals surface area contributed by atoms with Crippen LogP contribution in [0.5, 0.6) is 0 Å². The molecule has 2 aromatic rings. The molecule has 0 amide bonds. The van der Waals surface area contributed by atoms with Crippen LogP contribution in [-0.4, -0.2) is 14.5 Å². The molecular formula is C7H9N4+. The summed E-state index contributed by atoms with van der Waals surface area (Å²) in [6, 6.07) is 0. The molecule has 0 bridgehead atoms. The van der Waals surface area contributed by atoms with Crippen LogP contribution in [0.3, 0.4) is 0 Å². The van der Waals surface area contributed by atoms with Crippen molar-refractivity contribution in [2.75, 3.05) is 0 Å². The van der Waals surface area contributed by atoms with E-state index in [0.717, 1.165) is 11.2 Å². The molecule has 0 radical (unpaired) electrons. The summed E-state index contributed by atoms with van der Waals surface area (Å²) in [5.41, 5.74) is 2.01. The second-order valence-corrected chi connectivity index (χ2v) is 2.57. The highest BCUT2D eigenvalue weighted by atomic mass is 15.1. The van der Waals surface area contributed by atoms with Crippen LogP contribution in [0.2, 0.25) is 0 Å². The van der Waals surface area contributed by atoms with E-state index in [1.54, 1.807) is 6.33 Å². The van der Waals surface area contributed by atoms with E-state index in [-0.39, 0.29) is 0 Å².